The molecule has 0 radical (unpaired) electrons. The molecule has 5 heterocycles. The maximum atomic E-state index is 14.1. The van der Waals surface area contributed by atoms with E-state index < -0.39 is 24.3 Å². The Hall–Kier alpha value is -6.19. The van der Waals surface area contributed by atoms with Gasteiger partial charge in [0.2, 0.25) is 17.7 Å². The largest absolute Gasteiger partial charge is 0.453 e. The van der Waals surface area contributed by atoms with Crippen LogP contribution in [0.4, 0.5) is 9.59 Å². The first-order chi connectivity index (χ1) is 28.7. The van der Waals surface area contributed by atoms with E-state index in [2.05, 4.69) is 49.9 Å². The van der Waals surface area contributed by atoms with Crippen LogP contribution in [0.1, 0.15) is 77.6 Å². The maximum absolute atomic E-state index is 14.1. The summed E-state index contributed by atoms with van der Waals surface area (Å²) in [6, 6.07) is 14.3. The third kappa shape index (κ3) is 8.45. The topological polar surface area (TPSA) is 195 Å². The minimum Gasteiger partial charge on any atom is -0.453 e. The minimum absolute atomic E-state index is 0.0106. The van der Waals surface area contributed by atoms with Crippen molar-refractivity contribution in [3.8, 4) is 33.6 Å². The van der Waals surface area contributed by atoms with Gasteiger partial charge in [-0.2, -0.15) is 0 Å². The molecule has 16 nitrogen and oxygen atoms in total. The van der Waals surface area contributed by atoms with E-state index in [1.807, 2.05) is 52.0 Å². The Morgan fingerprint density at radius 3 is 1.58 bits per heavy atom. The van der Waals surface area contributed by atoms with Gasteiger partial charge in [0, 0.05) is 38.5 Å². The van der Waals surface area contributed by atoms with Crippen molar-refractivity contribution < 1.29 is 33.4 Å². The standard InChI is InChI=1S/C44H55N9O7/c1-25(2)36(49-42(57)59-6)40(55)52-18-8-9-34(52)38-45-20-32(47-38)30-14-10-28(11-15-30)29-12-16-31(17-13-29)33-21-46-39(48-33)35-19-44(22-51(23-44)27(5)54)24-53(35)41(56)37(26(3)4)50-43(58)60-7/h10-17,20-21,25-26,34-37H,8-9,18-19,22-24H2,1-7H3,(H,45,47)(H,46,48)(H,49,57)(H,50,58)/t34-,35?,36?,37?/m0/s1. The van der Waals surface area contributed by atoms with Crippen molar-refractivity contribution in [2.24, 2.45) is 17.3 Å². The van der Waals surface area contributed by atoms with Gasteiger partial charge in [0.15, 0.2) is 0 Å². The van der Waals surface area contributed by atoms with E-state index >= 15 is 0 Å². The second-order valence-corrected chi connectivity index (χ2v) is 17.0. The molecule has 4 atom stereocenters. The number of carbonyl (C=O) groups is 5. The molecule has 0 saturated carbocycles. The van der Waals surface area contributed by atoms with Gasteiger partial charge in [0.05, 0.1) is 50.1 Å². The van der Waals surface area contributed by atoms with Crippen LogP contribution in [0, 0.1) is 17.3 Å². The highest BCUT2D eigenvalue weighted by Crippen LogP contribution is 2.48. The van der Waals surface area contributed by atoms with Gasteiger partial charge in [-0.1, -0.05) is 76.2 Å². The Morgan fingerprint density at radius 2 is 1.13 bits per heavy atom. The number of methoxy groups -OCH3 is 2. The minimum atomic E-state index is -0.783. The lowest BCUT2D eigenvalue weighted by atomic mass is 9.77. The SMILES string of the molecule is COC(=O)NC(C(=O)N1CC2(CC1c1ncc(-c3ccc(-c4ccc(-c5cnc([C@@H]6CCCN6C(=O)C(NC(=O)OC)C(C)C)[nH]5)cc4)cc3)[nH]1)CN(C(C)=O)C2)C(C)C. The molecule has 3 unspecified atom stereocenters. The molecule has 5 amide bonds. The lowest BCUT2D eigenvalue weighted by Crippen LogP contribution is -2.59. The van der Waals surface area contributed by atoms with Crippen molar-refractivity contribution in [3.63, 3.8) is 0 Å². The molecule has 7 rings (SSSR count). The number of nitrogens with one attached hydrogen (secondary N) is 4. The lowest BCUT2D eigenvalue weighted by Gasteiger charge is -2.47. The Bertz CT molecular complexity index is 2210. The van der Waals surface area contributed by atoms with Crippen molar-refractivity contribution in [1.82, 2.24) is 45.3 Å². The molecule has 0 aliphatic carbocycles. The van der Waals surface area contributed by atoms with Gasteiger partial charge in [-0.25, -0.2) is 19.6 Å². The fourth-order valence-corrected chi connectivity index (χ4v) is 8.81. The predicted molar refractivity (Wildman–Crippen MR) is 223 cm³/mol. The normalized spacial score (nSPS) is 19.3. The highest BCUT2D eigenvalue weighted by molar-refractivity contribution is 5.87. The number of carbonyl (C=O) groups excluding carboxylic acids is 5. The molecule has 16 heteroatoms. The molecule has 3 aliphatic heterocycles. The summed E-state index contributed by atoms with van der Waals surface area (Å²) in [6.07, 6.45) is 4.52. The zero-order valence-corrected chi connectivity index (χ0v) is 35.3. The van der Waals surface area contributed by atoms with E-state index in [1.165, 1.54) is 14.2 Å². The molecule has 60 heavy (non-hydrogen) atoms. The second kappa shape index (κ2) is 17.2. The monoisotopic (exact) mass is 821 g/mol. The number of hydrogen-bond donors (Lipinski definition) is 4. The van der Waals surface area contributed by atoms with Gasteiger partial charge in [0.25, 0.3) is 0 Å². The summed E-state index contributed by atoms with van der Waals surface area (Å²) < 4.78 is 9.58. The fourth-order valence-electron chi connectivity index (χ4n) is 8.81. The molecule has 318 valence electrons. The summed E-state index contributed by atoms with van der Waals surface area (Å²) >= 11 is 0. The van der Waals surface area contributed by atoms with Gasteiger partial charge in [-0.15, -0.1) is 0 Å². The molecule has 3 saturated heterocycles. The molecular formula is C44H55N9O7. The highest BCUT2D eigenvalue weighted by Gasteiger charge is 2.55. The summed E-state index contributed by atoms with van der Waals surface area (Å²) in [5.41, 5.74) is 5.36. The molecular weight excluding hydrogens is 767 g/mol. The molecule has 4 N–H and O–H groups in total. The molecule has 1 spiro atoms. The molecule has 4 aromatic rings. The molecule has 0 bridgehead atoms. The van der Waals surface area contributed by atoms with Gasteiger partial charge < -0.3 is 44.8 Å². The van der Waals surface area contributed by atoms with Gasteiger partial charge >= 0.3 is 12.2 Å². The van der Waals surface area contributed by atoms with E-state index in [-0.39, 0.29) is 47.1 Å². The number of ether oxygens (including phenoxy) is 2. The Labute approximate surface area is 349 Å². The third-order valence-electron chi connectivity index (χ3n) is 12.2. The Kier molecular flexibility index (Phi) is 12.0. The number of benzene rings is 2. The smallest absolute Gasteiger partial charge is 0.407 e. The molecule has 2 aromatic carbocycles. The zero-order valence-electron chi connectivity index (χ0n) is 35.3. The predicted octanol–water partition coefficient (Wildman–Crippen LogP) is 5.68. The zero-order chi connectivity index (χ0) is 42.9. The average Bonchev–Trinajstić information content (AvgIpc) is 4.06. The summed E-state index contributed by atoms with van der Waals surface area (Å²) in [4.78, 5) is 85.7. The number of aromatic amines is 2. The Balaban J connectivity index is 1.04. The third-order valence-corrected chi connectivity index (χ3v) is 12.2. The van der Waals surface area contributed by atoms with Crippen LogP contribution in [0.15, 0.2) is 60.9 Å². The first kappa shape index (κ1) is 42.0. The first-order valence-electron chi connectivity index (χ1n) is 20.6. The maximum Gasteiger partial charge on any atom is 0.407 e. The van der Waals surface area contributed by atoms with Crippen molar-refractivity contribution in [2.45, 2.75) is 78.0 Å². The van der Waals surface area contributed by atoms with Crippen LogP contribution < -0.4 is 10.6 Å². The number of hydrogen-bond acceptors (Lipinski definition) is 9. The average molecular weight is 822 g/mol. The number of imidazole rings is 2. The summed E-state index contributed by atoms with van der Waals surface area (Å²) in [6.45, 7) is 11.3. The number of nitrogens with zero attached hydrogens (tertiary/aromatic N) is 5. The van der Waals surface area contributed by atoms with E-state index in [4.69, 9.17) is 14.5 Å². The van der Waals surface area contributed by atoms with Crippen LogP contribution in [0.3, 0.4) is 0 Å². The van der Waals surface area contributed by atoms with Crippen LogP contribution in [-0.2, 0) is 23.9 Å². The van der Waals surface area contributed by atoms with Gasteiger partial charge in [-0.05, 0) is 53.4 Å². The molecule has 2 aromatic heterocycles. The van der Waals surface area contributed by atoms with Crippen LogP contribution in [0.2, 0.25) is 0 Å². The van der Waals surface area contributed by atoms with Crippen molar-refractivity contribution in [3.05, 3.63) is 72.6 Å². The van der Waals surface area contributed by atoms with Crippen molar-refractivity contribution in [2.75, 3.05) is 40.4 Å². The Morgan fingerprint density at radius 1 is 0.683 bits per heavy atom. The van der Waals surface area contributed by atoms with Crippen LogP contribution >= 0.6 is 0 Å². The van der Waals surface area contributed by atoms with Crippen molar-refractivity contribution >= 4 is 29.9 Å². The van der Waals surface area contributed by atoms with Gasteiger partial charge in [-0.3, -0.25) is 14.4 Å². The van der Waals surface area contributed by atoms with Crippen LogP contribution in [0.25, 0.3) is 33.6 Å². The summed E-state index contributed by atoms with van der Waals surface area (Å²) in [5.74, 6) is 0.718. The number of rotatable bonds is 11. The van der Waals surface area contributed by atoms with Crippen LogP contribution in [-0.4, -0.2) is 117 Å². The highest BCUT2D eigenvalue weighted by atomic mass is 16.5. The number of H-pyrrole nitrogens is 2. The number of likely N-dealkylation sites (tertiary alicyclic amines) is 3. The number of aromatic nitrogens is 4. The lowest BCUT2D eigenvalue weighted by molar-refractivity contribution is -0.141. The van der Waals surface area contributed by atoms with E-state index in [9.17, 15) is 24.0 Å². The molecule has 3 fully saturated rings. The second-order valence-electron chi connectivity index (χ2n) is 17.0. The van der Waals surface area contributed by atoms with Crippen LogP contribution in [0.5, 0.6) is 0 Å². The summed E-state index contributed by atoms with van der Waals surface area (Å²) in [5, 5.41) is 5.41. The van der Waals surface area contributed by atoms with Crippen molar-refractivity contribution in [1.29, 1.82) is 0 Å². The number of amides is 5. The quantitative estimate of drug-likeness (QED) is 0.147. The van der Waals surface area contributed by atoms with E-state index in [0.717, 1.165) is 46.5 Å². The molecule has 3 aliphatic rings. The van der Waals surface area contributed by atoms with E-state index in [1.54, 1.807) is 34.0 Å². The summed E-state index contributed by atoms with van der Waals surface area (Å²) in [7, 11) is 2.56. The first-order valence-corrected chi connectivity index (χ1v) is 20.6. The fraction of sp³-hybridized carbons (Fsp3) is 0.477. The van der Waals surface area contributed by atoms with E-state index in [0.29, 0.717) is 44.2 Å². The van der Waals surface area contributed by atoms with Gasteiger partial charge in [0.1, 0.15) is 23.7 Å². The number of alkyl carbamates (subject to hydrolysis) is 2.